The first-order valence-corrected chi connectivity index (χ1v) is 29.0. The van der Waals surface area contributed by atoms with Crippen LogP contribution in [-0.2, 0) is 26.9 Å². The molecule has 0 unspecified atom stereocenters. The Morgan fingerprint density at radius 2 is 1.45 bits per heavy atom. The van der Waals surface area contributed by atoms with Crippen LogP contribution >= 0.6 is 23.4 Å². The van der Waals surface area contributed by atoms with Crippen LogP contribution in [0.25, 0.3) is 22.4 Å². The van der Waals surface area contributed by atoms with Crippen LogP contribution in [0.15, 0.2) is 136 Å². The lowest BCUT2D eigenvalue weighted by molar-refractivity contribution is -0.0435. The lowest BCUT2D eigenvalue weighted by atomic mass is 9.95. The van der Waals surface area contributed by atoms with E-state index >= 15 is 0 Å². The number of benzene rings is 5. The molecule has 0 saturated carbocycles. The average Bonchev–Trinajstić information content (AvgIpc) is 3.64. The largest absolute Gasteiger partial charge is 0.501 e. The van der Waals surface area contributed by atoms with E-state index in [-0.39, 0.29) is 23.4 Å². The Hall–Kier alpha value is -5.70. The molecule has 3 aliphatic heterocycles. The highest BCUT2D eigenvalue weighted by molar-refractivity contribution is 7.99. The van der Waals surface area contributed by atoms with E-state index in [1.807, 2.05) is 85.6 Å². The molecule has 1 amide bonds. The standard InChI is InChI=1S/C54H59ClF3N7O6S3/c1-37-50(53(67)65-25-7-26-65)51(52(61(37)2)38-12-14-40(55)15-13-38)39-8-6-9-44(34-39)64-32-30-63(31-33-64)43-18-16-41(17-19-43)60-74(70,71)47-20-21-48(49(35-47)73(68,69)54(56,57)58)59-42(36-72-46-10-4-3-5-11-46)22-27-62-28-23-45(66)24-29-62/h3-6,8-21,34-35,42,45,59-60,66H,7,22-33,36H2,1-2H3/t42-/m1/s1. The SMILES string of the molecule is Cc1c(C(=O)N2CCC2)c(-c2cccc(N3CCN(c4ccc(NS(=O)(=O)c5ccc(N[C@H](CCN6CCC(O)CC6)CSc6ccccc6)c(S(=O)(=O)C(F)(F)F)c5)cc4)CC3)c2)c(-c2ccc(Cl)cc2)n1C. The summed E-state index contributed by atoms with van der Waals surface area (Å²) < 4.78 is 101. The molecule has 0 aliphatic carbocycles. The van der Waals surface area contributed by atoms with E-state index in [2.05, 4.69) is 41.4 Å². The number of sulfone groups is 1. The number of alkyl halides is 3. The summed E-state index contributed by atoms with van der Waals surface area (Å²) in [6.07, 6.45) is 2.24. The van der Waals surface area contributed by atoms with E-state index in [9.17, 15) is 39.9 Å². The number of thioether (sulfide) groups is 1. The highest BCUT2D eigenvalue weighted by atomic mass is 35.5. The molecule has 1 atom stereocenters. The van der Waals surface area contributed by atoms with Crippen LogP contribution in [0.1, 0.15) is 41.7 Å². The third kappa shape index (κ3) is 11.7. The van der Waals surface area contributed by atoms with E-state index < -0.39 is 41.2 Å². The summed E-state index contributed by atoms with van der Waals surface area (Å²) >= 11 is 7.75. The number of nitrogens with zero attached hydrogens (tertiary/aromatic N) is 5. The van der Waals surface area contributed by atoms with Gasteiger partial charge in [-0.3, -0.25) is 9.52 Å². The fraction of sp³-hybridized carbons (Fsp3) is 0.352. The molecule has 9 rings (SSSR count). The second kappa shape index (κ2) is 22.3. The number of hydrogen-bond acceptors (Lipinski definition) is 11. The third-order valence-electron chi connectivity index (χ3n) is 14.2. The van der Waals surface area contributed by atoms with Crippen LogP contribution in [0.5, 0.6) is 0 Å². The number of sulfonamides is 1. The number of piperidine rings is 1. The molecule has 392 valence electrons. The first kappa shape index (κ1) is 53.1. The Morgan fingerprint density at radius 1 is 0.784 bits per heavy atom. The summed E-state index contributed by atoms with van der Waals surface area (Å²) in [6.45, 7) is 7.90. The van der Waals surface area contributed by atoms with Gasteiger partial charge in [0, 0.05) is 116 Å². The molecule has 74 heavy (non-hydrogen) atoms. The van der Waals surface area contributed by atoms with Gasteiger partial charge in [0.05, 0.1) is 27.9 Å². The van der Waals surface area contributed by atoms with E-state index in [4.69, 9.17) is 11.6 Å². The van der Waals surface area contributed by atoms with Crippen molar-refractivity contribution in [3.63, 3.8) is 0 Å². The Balaban J connectivity index is 0.891. The van der Waals surface area contributed by atoms with E-state index in [0.717, 1.165) is 76.0 Å². The zero-order chi connectivity index (χ0) is 52.4. The molecule has 3 aliphatic rings. The number of rotatable bonds is 17. The maximum atomic E-state index is 14.3. The second-order valence-electron chi connectivity index (χ2n) is 19.0. The van der Waals surface area contributed by atoms with Crippen molar-refractivity contribution >= 4 is 71.9 Å². The number of aromatic nitrogens is 1. The molecule has 6 aromatic rings. The number of carbonyl (C=O) groups is 1. The fourth-order valence-electron chi connectivity index (χ4n) is 9.75. The molecular formula is C54H59ClF3N7O6S3. The van der Waals surface area contributed by atoms with Crippen molar-refractivity contribution in [2.75, 3.05) is 84.5 Å². The molecule has 20 heteroatoms. The highest BCUT2D eigenvalue weighted by Gasteiger charge is 2.48. The van der Waals surface area contributed by atoms with Gasteiger partial charge in [0.25, 0.3) is 25.8 Å². The maximum absolute atomic E-state index is 14.3. The lowest BCUT2D eigenvalue weighted by Crippen LogP contribution is -2.46. The molecule has 5 aromatic carbocycles. The first-order chi connectivity index (χ1) is 35.4. The maximum Gasteiger partial charge on any atom is 0.501 e. The monoisotopic (exact) mass is 1090 g/mol. The minimum atomic E-state index is -6.02. The summed E-state index contributed by atoms with van der Waals surface area (Å²) in [6, 6.07) is 34.2. The number of likely N-dealkylation sites (tertiary alicyclic amines) is 2. The molecular weight excluding hydrogens is 1030 g/mol. The molecule has 3 saturated heterocycles. The van der Waals surface area contributed by atoms with Gasteiger partial charge in [0.15, 0.2) is 0 Å². The summed E-state index contributed by atoms with van der Waals surface area (Å²) in [7, 11) is -8.62. The van der Waals surface area contributed by atoms with Crippen molar-refractivity contribution < 1.29 is 39.9 Å². The van der Waals surface area contributed by atoms with Crippen molar-refractivity contribution in [3.8, 4) is 22.4 Å². The Labute approximate surface area is 440 Å². The minimum absolute atomic E-state index is 0.0195. The molecule has 0 bridgehead atoms. The number of anilines is 4. The zero-order valence-corrected chi connectivity index (χ0v) is 44.3. The average molecular weight is 1090 g/mol. The van der Waals surface area contributed by atoms with E-state index in [1.54, 1.807) is 24.3 Å². The molecule has 4 heterocycles. The number of aliphatic hydroxyl groups is 1. The van der Waals surface area contributed by atoms with Gasteiger partial charge in [-0.05, 0) is 123 Å². The predicted molar refractivity (Wildman–Crippen MR) is 289 cm³/mol. The van der Waals surface area contributed by atoms with Crippen LogP contribution in [0.4, 0.5) is 35.9 Å². The van der Waals surface area contributed by atoms with Crippen molar-refractivity contribution in [2.24, 2.45) is 7.05 Å². The van der Waals surface area contributed by atoms with Gasteiger partial charge in [0.2, 0.25) is 0 Å². The number of amides is 1. The molecule has 0 spiro atoms. The minimum Gasteiger partial charge on any atom is -0.393 e. The second-order valence-corrected chi connectivity index (χ2v) is 24.1. The van der Waals surface area contributed by atoms with Crippen LogP contribution in [0, 0.1) is 6.92 Å². The van der Waals surface area contributed by atoms with Gasteiger partial charge < -0.3 is 34.6 Å². The molecule has 13 nitrogen and oxygen atoms in total. The quantitative estimate of drug-likeness (QED) is 0.0750. The number of piperazine rings is 1. The van der Waals surface area contributed by atoms with Gasteiger partial charge in [-0.1, -0.05) is 54.1 Å². The summed E-state index contributed by atoms with van der Waals surface area (Å²) in [4.78, 5) is 21.6. The lowest BCUT2D eigenvalue weighted by Gasteiger charge is -2.37. The molecule has 1 aromatic heterocycles. The number of nitrogens with one attached hydrogen (secondary N) is 2. The fourth-order valence-corrected chi connectivity index (χ4v) is 13.0. The first-order valence-electron chi connectivity index (χ1n) is 24.6. The van der Waals surface area contributed by atoms with Crippen molar-refractivity contribution in [3.05, 3.63) is 138 Å². The van der Waals surface area contributed by atoms with Crippen molar-refractivity contribution in [1.82, 2.24) is 14.4 Å². The van der Waals surface area contributed by atoms with Gasteiger partial charge in [-0.15, -0.1) is 11.8 Å². The van der Waals surface area contributed by atoms with Crippen LogP contribution < -0.4 is 19.8 Å². The smallest absolute Gasteiger partial charge is 0.393 e. The number of aliphatic hydroxyl groups excluding tert-OH is 1. The Morgan fingerprint density at radius 3 is 2.08 bits per heavy atom. The summed E-state index contributed by atoms with van der Waals surface area (Å²) in [5, 5.41) is 13.7. The number of carbonyl (C=O) groups excluding carboxylic acids is 1. The van der Waals surface area contributed by atoms with E-state index in [0.29, 0.717) is 87.5 Å². The Bertz CT molecular complexity index is 3180. The van der Waals surface area contributed by atoms with E-state index in [1.165, 1.54) is 11.8 Å². The topological polar surface area (TPSA) is 148 Å². The van der Waals surface area contributed by atoms with Crippen molar-refractivity contribution in [2.45, 2.75) is 64.9 Å². The molecule has 0 radical (unpaired) electrons. The van der Waals surface area contributed by atoms with Crippen LogP contribution in [0.2, 0.25) is 5.02 Å². The van der Waals surface area contributed by atoms with Gasteiger partial charge in [-0.25, -0.2) is 16.8 Å². The number of halogens is 4. The van der Waals surface area contributed by atoms with Gasteiger partial charge >= 0.3 is 5.51 Å². The predicted octanol–water partition coefficient (Wildman–Crippen LogP) is 10.0. The van der Waals surface area contributed by atoms with Crippen molar-refractivity contribution in [1.29, 1.82) is 0 Å². The normalized spacial score (nSPS) is 16.5. The number of hydrogen-bond donors (Lipinski definition) is 3. The highest BCUT2D eigenvalue weighted by Crippen LogP contribution is 2.42. The third-order valence-corrected chi connectivity index (χ3v) is 18.5. The van der Waals surface area contributed by atoms with Crippen LogP contribution in [-0.4, -0.2) is 125 Å². The summed E-state index contributed by atoms with van der Waals surface area (Å²) in [5.41, 5.74) is 1.15. The zero-order valence-electron chi connectivity index (χ0n) is 41.1. The van der Waals surface area contributed by atoms with Gasteiger partial charge in [0.1, 0.15) is 4.90 Å². The molecule has 3 fully saturated rings. The summed E-state index contributed by atoms with van der Waals surface area (Å²) in [5.74, 6) is 0.393. The Kier molecular flexibility index (Phi) is 16.0. The molecule has 3 N–H and O–H groups in total. The van der Waals surface area contributed by atoms with Crippen LogP contribution in [0.3, 0.4) is 0 Å². The van der Waals surface area contributed by atoms with Gasteiger partial charge in [-0.2, -0.15) is 13.2 Å².